The number of amides is 2. The molecule has 1 fully saturated rings. The van der Waals surface area contributed by atoms with Gasteiger partial charge >= 0.3 is 5.97 Å². The molecule has 28 heavy (non-hydrogen) atoms. The molecule has 0 aliphatic carbocycles. The van der Waals surface area contributed by atoms with Crippen molar-refractivity contribution in [2.75, 3.05) is 11.4 Å². The highest BCUT2D eigenvalue weighted by Crippen LogP contribution is 2.23. The van der Waals surface area contributed by atoms with E-state index in [2.05, 4.69) is 5.32 Å². The van der Waals surface area contributed by atoms with E-state index in [4.69, 9.17) is 0 Å². The van der Waals surface area contributed by atoms with E-state index in [1.165, 1.54) is 0 Å². The van der Waals surface area contributed by atoms with Gasteiger partial charge in [-0.3, -0.25) is 14.4 Å². The molecule has 6 nitrogen and oxygen atoms in total. The van der Waals surface area contributed by atoms with E-state index in [9.17, 15) is 19.5 Å². The Morgan fingerprint density at radius 3 is 2.46 bits per heavy atom. The van der Waals surface area contributed by atoms with Crippen molar-refractivity contribution < 1.29 is 19.5 Å². The molecular formula is C22H24N2O4. The number of aliphatic carboxylic acids is 1. The van der Waals surface area contributed by atoms with E-state index >= 15 is 0 Å². The summed E-state index contributed by atoms with van der Waals surface area (Å²) in [5.41, 5.74) is 3.40. The van der Waals surface area contributed by atoms with Gasteiger partial charge in [-0.05, 0) is 42.2 Å². The van der Waals surface area contributed by atoms with Crippen LogP contribution in [0.15, 0.2) is 48.5 Å². The van der Waals surface area contributed by atoms with Crippen molar-refractivity contribution in [1.29, 1.82) is 0 Å². The maximum Gasteiger partial charge on any atom is 0.305 e. The minimum absolute atomic E-state index is 0.125. The zero-order chi connectivity index (χ0) is 20.1. The maximum atomic E-state index is 12.5. The van der Waals surface area contributed by atoms with E-state index in [1.54, 1.807) is 4.90 Å². The van der Waals surface area contributed by atoms with Gasteiger partial charge < -0.3 is 15.3 Å². The smallest absolute Gasteiger partial charge is 0.305 e. The number of carboxylic acids is 1. The molecule has 6 heteroatoms. The molecule has 0 aromatic heterocycles. The van der Waals surface area contributed by atoms with Crippen LogP contribution in [0.5, 0.6) is 0 Å². The third-order valence-electron chi connectivity index (χ3n) is 4.96. The average Bonchev–Trinajstić information content (AvgIpc) is 3.08. The highest BCUT2D eigenvalue weighted by Gasteiger charge is 2.22. The van der Waals surface area contributed by atoms with E-state index in [0.29, 0.717) is 6.42 Å². The third-order valence-corrected chi connectivity index (χ3v) is 4.96. The number of aryl methyl sites for hydroxylation is 1. The fourth-order valence-electron chi connectivity index (χ4n) is 3.54. The Balaban J connectivity index is 1.66. The molecule has 1 aliphatic heterocycles. The Morgan fingerprint density at radius 2 is 1.86 bits per heavy atom. The monoisotopic (exact) mass is 380 g/mol. The van der Waals surface area contributed by atoms with Gasteiger partial charge in [0.1, 0.15) is 0 Å². The zero-order valence-corrected chi connectivity index (χ0v) is 15.9. The van der Waals surface area contributed by atoms with Crippen LogP contribution in [0.2, 0.25) is 0 Å². The van der Waals surface area contributed by atoms with Crippen LogP contribution in [0.3, 0.4) is 0 Å². The number of nitrogens with zero attached hydrogens (tertiary/aromatic N) is 1. The quantitative estimate of drug-likeness (QED) is 0.773. The molecule has 1 unspecified atom stereocenters. The lowest BCUT2D eigenvalue weighted by Gasteiger charge is -2.20. The van der Waals surface area contributed by atoms with Crippen molar-refractivity contribution in [3.05, 3.63) is 65.2 Å². The molecule has 3 rings (SSSR count). The van der Waals surface area contributed by atoms with Crippen LogP contribution in [0, 0.1) is 6.92 Å². The van der Waals surface area contributed by atoms with Gasteiger partial charge in [0.25, 0.3) is 0 Å². The van der Waals surface area contributed by atoms with Crippen molar-refractivity contribution in [3.63, 3.8) is 0 Å². The molecule has 1 aliphatic rings. The first-order valence-corrected chi connectivity index (χ1v) is 9.40. The Bertz CT molecular complexity index is 876. The van der Waals surface area contributed by atoms with Crippen LogP contribution in [-0.2, 0) is 20.8 Å². The summed E-state index contributed by atoms with van der Waals surface area (Å²) in [6.45, 7) is 2.63. The Kier molecular flexibility index (Phi) is 6.09. The standard InChI is InChI=1S/C22H24N2O4/c1-15-5-2-3-6-18(15)19(14-22(27)28)23-20(25)13-16-8-10-17(11-9-16)24-12-4-7-21(24)26/h2-3,5-6,8-11,19H,4,7,12-14H2,1H3,(H,23,25)(H,27,28). The average molecular weight is 380 g/mol. The minimum atomic E-state index is -0.965. The first kappa shape index (κ1) is 19.6. The van der Waals surface area contributed by atoms with E-state index in [1.807, 2.05) is 55.5 Å². The van der Waals surface area contributed by atoms with E-state index in [0.717, 1.165) is 35.3 Å². The zero-order valence-electron chi connectivity index (χ0n) is 15.9. The molecule has 2 amide bonds. The SMILES string of the molecule is Cc1ccccc1C(CC(=O)O)NC(=O)Cc1ccc(N2CCCC2=O)cc1. The van der Waals surface area contributed by atoms with Crippen LogP contribution >= 0.6 is 0 Å². The molecule has 1 heterocycles. The molecular weight excluding hydrogens is 356 g/mol. The van der Waals surface area contributed by atoms with E-state index < -0.39 is 12.0 Å². The van der Waals surface area contributed by atoms with E-state index in [-0.39, 0.29) is 24.7 Å². The molecule has 0 bridgehead atoms. The largest absolute Gasteiger partial charge is 0.481 e. The molecule has 2 aromatic carbocycles. The van der Waals surface area contributed by atoms with Gasteiger partial charge in [-0.15, -0.1) is 0 Å². The molecule has 146 valence electrons. The Labute approximate surface area is 164 Å². The van der Waals surface area contributed by atoms with Crippen LogP contribution in [-0.4, -0.2) is 29.4 Å². The number of nitrogens with one attached hydrogen (secondary N) is 1. The Morgan fingerprint density at radius 1 is 1.14 bits per heavy atom. The normalized spacial score (nSPS) is 14.8. The highest BCUT2D eigenvalue weighted by molar-refractivity contribution is 5.95. The molecule has 0 spiro atoms. The first-order chi connectivity index (χ1) is 13.4. The van der Waals surface area contributed by atoms with Crippen LogP contribution in [0.25, 0.3) is 0 Å². The Hall–Kier alpha value is -3.15. The van der Waals surface area contributed by atoms with Crippen molar-refractivity contribution in [1.82, 2.24) is 5.32 Å². The summed E-state index contributed by atoms with van der Waals surface area (Å²) in [4.78, 5) is 37.3. The number of rotatable bonds is 7. The summed E-state index contributed by atoms with van der Waals surface area (Å²) in [6.07, 6.45) is 1.42. The number of carbonyl (C=O) groups excluding carboxylic acids is 2. The predicted octanol–water partition coefficient (Wildman–Crippen LogP) is 3.00. The summed E-state index contributed by atoms with van der Waals surface area (Å²) in [5.74, 6) is -1.08. The second-order valence-corrected chi connectivity index (χ2v) is 7.07. The van der Waals surface area contributed by atoms with Crippen molar-refractivity contribution >= 4 is 23.5 Å². The lowest BCUT2D eigenvalue weighted by atomic mass is 9.98. The predicted molar refractivity (Wildman–Crippen MR) is 106 cm³/mol. The second-order valence-electron chi connectivity index (χ2n) is 7.07. The van der Waals surface area contributed by atoms with Crippen LogP contribution in [0.1, 0.15) is 42.0 Å². The fourth-order valence-corrected chi connectivity index (χ4v) is 3.54. The van der Waals surface area contributed by atoms with Gasteiger partial charge in [-0.25, -0.2) is 0 Å². The van der Waals surface area contributed by atoms with Crippen LogP contribution < -0.4 is 10.2 Å². The second kappa shape index (κ2) is 8.69. The molecule has 0 saturated carbocycles. The van der Waals surface area contributed by atoms with Crippen molar-refractivity contribution in [2.45, 2.75) is 38.6 Å². The minimum Gasteiger partial charge on any atom is -0.481 e. The van der Waals surface area contributed by atoms with Gasteiger partial charge in [0, 0.05) is 18.7 Å². The highest BCUT2D eigenvalue weighted by atomic mass is 16.4. The van der Waals surface area contributed by atoms with Crippen LogP contribution in [0.4, 0.5) is 5.69 Å². The lowest BCUT2D eigenvalue weighted by molar-refractivity contribution is -0.137. The molecule has 1 atom stereocenters. The molecule has 2 N–H and O–H groups in total. The number of carboxylic acid groups (broad SMARTS) is 1. The summed E-state index contributed by atoms with van der Waals surface area (Å²) < 4.78 is 0. The number of hydrogen-bond donors (Lipinski definition) is 2. The molecule has 2 aromatic rings. The summed E-state index contributed by atoms with van der Waals surface area (Å²) >= 11 is 0. The fraction of sp³-hybridized carbons (Fsp3) is 0.318. The maximum absolute atomic E-state index is 12.5. The summed E-state index contributed by atoms with van der Waals surface area (Å²) in [7, 11) is 0. The summed E-state index contributed by atoms with van der Waals surface area (Å²) in [6, 6.07) is 14.2. The van der Waals surface area contributed by atoms with Gasteiger partial charge in [-0.2, -0.15) is 0 Å². The number of benzene rings is 2. The van der Waals surface area contributed by atoms with Gasteiger partial charge in [0.15, 0.2) is 0 Å². The van der Waals surface area contributed by atoms with Gasteiger partial charge in [0.2, 0.25) is 11.8 Å². The number of carbonyl (C=O) groups is 3. The third kappa shape index (κ3) is 4.76. The first-order valence-electron chi connectivity index (χ1n) is 9.40. The van der Waals surface area contributed by atoms with Gasteiger partial charge in [-0.1, -0.05) is 36.4 Å². The lowest BCUT2D eigenvalue weighted by Crippen LogP contribution is -2.31. The topological polar surface area (TPSA) is 86.7 Å². The molecule has 1 saturated heterocycles. The summed E-state index contributed by atoms with van der Waals surface area (Å²) in [5, 5.41) is 12.1. The number of hydrogen-bond acceptors (Lipinski definition) is 3. The number of anilines is 1. The van der Waals surface area contributed by atoms with Gasteiger partial charge in [0.05, 0.1) is 18.9 Å². The van der Waals surface area contributed by atoms with Crippen molar-refractivity contribution in [2.24, 2.45) is 0 Å². The molecule has 0 radical (unpaired) electrons. The van der Waals surface area contributed by atoms with Crippen molar-refractivity contribution in [3.8, 4) is 0 Å².